The molecule has 9 heteroatoms. The van der Waals surface area contributed by atoms with Gasteiger partial charge in [0.15, 0.2) is 11.5 Å². The molecule has 0 saturated carbocycles. The first-order valence-electron chi connectivity index (χ1n) is 14.6. The Kier molecular flexibility index (Phi) is 8.53. The minimum Gasteiger partial charge on any atom is -0.493 e. The van der Waals surface area contributed by atoms with E-state index in [2.05, 4.69) is 5.32 Å². The first kappa shape index (κ1) is 30.2. The Morgan fingerprint density at radius 2 is 1.77 bits per heavy atom. The van der Waals surface area contributed by atoms with E-state index in [1.165, 1.54) is 11.0 Å². The molecule has 2 aliphatic heterocycles. The Morgan fingerprint density at radius 3 is 2.47 bits per heavy atom. The van der Waals surface area contributed by atoms with Crippen LogP contribution in [-0.2, 0) is 6.54 Å². The standard InChI is InChI=1S/C34H39FN2O6/c1-20-7-6-8-21(2)26(20)17-36-32(38)25-15-22(9-11-28(25)35)24-13-14-37(33(39)40)31(34(3,4)5)27(24)18-41-23-10-12-29-30(16-23)43-19-42-29/h6-12,15-16,24,27,31H,13-14,17-19H2,1-5H3,(H,36,38)(H,39,40)/t24-,27-,31?/m0/s1. The molecular weight excluding hydrogens is 551 g/mol. The van der Waals surface area contributed by atoms with Crippen molar-refractivity contribution >= 4 is 12.0 Å². The summed E-state index contributed by atoms with van der Waals surface area (Å²) in [6.07, 6.45) is -0.486. The van der Waals surface area contributed by atoms with Gasteiger partial charge in [0.2, 0.25) is 6.79 Å². The van der Waals surface area contributed by atoms with E-state index in [4.69, 9.17) is 14.2 Å². The third-order valence-electron chi connectivity index (χ3n) is 8.59. The second kappa shape index (κ2) is 12.1. The second-order valence-electron chi connectivity index (χ2n) is 12.5. The minimum absolute atomic E-state index is 0.0350. The predicted molar refractivity (Wildman–Crippen MR) is 160 cm³/mol. The fraction of sp³-hybridized carbons (Fsp3) is 0.412. The van der Waals surface area contributed by atoms with Crippen molar-refractivity contribution in [3.8, 4) is 17.2 Å². The largest absolute Gasteiger partial charge is 0.493 e. The van der Waals surface area contributed by atoms with E-state index >= 15 is 4.39 Å². The number of piperidine rings is 1. The Bertz CT molecular complexity index is 1500. The van der Waals surface area contributed by atoms with E-state index in [9.17, 15) is 14.7 Å². The molecule has 2 N–H and O–H groups in total. The van der Waals surface area contributed by atoms with Crippen molar-refractivity contribution in [2.24, 2.45) is 11.3 Å². The highest BCUT2D eigenvalue weighted by atomic mass is 19.1. The summed E-state index contributed by atoms with van der Waals surface area (Å²) >= 11 is 0. The first-order valence-corrected chi connectivity index (χ1v) is 14.6. The van der Waals surface area contributed by atoms with Gasteiger partial charge in [-0.25, -0.2) is 9.18 Å². The van der Waals surface area contributed by atoms with Crippen LogP contribution < -0.4 is 19.5 Å². The smallest absolute Gasteiger partial charge is 0.407 e. The predicted octanol–water partition coefficient (Wildman–Crippen LogP) is 6.68. The number of rotatable bonds is 7. The van der Waals surface area contributed by atoms with Gasteiger partial charge in [-0.15, -0.1) is 0 Å². The molecule has 0 aliphatic carbocycles. The van der Waals surface area contributed by atoms with Gasteiger partial charge in [-0.05, 0) is 78.1 Å². The molecule has 3 aromatic carbocycles. The number of carbonyl (C=O) groups is 2. The third-order valence-corrected chi connectivity index (χ3v) is 8.59. The Labute approximate surface area is 251 Å². The highest BCUT2D eigenvalue weighted by Gasteiger charge is 2.47. The molecule has 43 heavy (non-hydrogen) atoms. The highest BCUT2D eigenvalue weighted by molar-refractivity contribution is 5.94. The molecule has 1 saturated heterocycles. The van der Waals surface area contributed by atoms with Gasteiger partial charge in [0.1, 0.15) is 11.6 Å². The lowest BCUT2D eigenvalue weighted by Gasteiger charge is -2.50. The summed E-state index contributed by atoms with van der Waals surface area (Å²) in [6, 6.07) is 15.5. The van der Waals surface area contributed by atoms with Crippen LogP contribution >= 0.6 is 0 Å². The molecule has 228 valence electrons. The van der Waals surface area contributed by atoms with Crippen LogP contribution in [0.5, 0.6) is 17.2 Å². The summed E-state index contributed by atoms with van der Waals surface area (Å²) in [5.74, 6) is 0.242. The zero-order chi connectivity index (χ0) is 30.9. The van der Waals surface area contributed by atoms with Crippen LogP contribution in [0.25, 0.3) is 0 Å². The maximum Gasteiger partial charge on any atom is 0.407 e. The number of fused-ring (bicyclic) bond motifs is 1. The molecule has 2 amide bonds. The molecule has 3 atom stereocenters. The number of ether oxygens (including phenoxy) is 3. The van der Waals surface area contributed by atoms with Crippen LogP contribution in [0.1, 0.15) is 65.7 Å². The Hall–Kier alpha value is -4.27. The molecule has 5 rings (SSSR count). The van der Waals surface area contributed by atoms with Crippen LogP contribution in [0.15, 0.2) is 54.6 Å². The van der Waals surface area contributed by atoms with Crippen molar-refractivity contribution in [1.82, 2.24) is 10.2 Å². The van der Waals surface area contributed by atoms with Crippen LogP contribution in [0.4, 0.5) is 9.18 Å². The van der Waals surface area contributed by atoms with Gasteiger partial charge < -0.3 is 29.5 Å². The Morgan fingerprint density at radius 1 is 1.05 bits per heavy atom. The molecule has 0 spiro atoms. The number of aryl methyl sites for hydroxylation is 2. The lowest BCUT2D eigenvalue weighted by molar-refractivity contribution is -0.00444. The zero-order valence-corrected chi connectivity index (χ0v) is 25.3. The molecule has 2 aliphatic rings. The van der Waals surface area contributed by atoms with E-state index in [1.807, 2.05) is 52.8 Å². The maximum atomic E-state index is 15.1. The van der Waals surface area contributed by atoms with Crippen LogP contribution in [0.3, 0.4) is 0 Å². The number of amides is 2. The number of likely N-dealkylation sites (tertiary alicyclic amines) is 1. The van der Waals surface area contributed by atoms with Gasteiger partial charge in [-0.2, -0.15) is 0 Å². The van der Waals surface area contributed by atoms with E-state index in [-0.39, 0.29) is 37.3 Å². The topological polar surface area (TPSA) is 97.3 Å². The van der Waals surface area contributed by atoms with E-state index in [1.54, 1.807) is 30.3 Å². The molecule has 1 fully saturated rings. The lowest BCUT2D eigenvalue weighted by atomic mass is 9.68. The normalized spacial score (nSPS) is 19.7. The van der Waals surface area contributed by atoms with Gasteiger partial charge in [-0.3, -0.25) is 4.79 Å². The van der Waals surface area contributed by atoms with E-state index in [0.29, 0.717) is 30.2 Å². The highest BCUT2D eigenvalue weighted by Crippen LogP contribution is 2.44. The van der Waals surface area contributed by atoms with Crippen LogP contribution in [0.2, 0.25) is 0 Å². The fourth-order valence-electron chi connectivity index (χ4n) is 6.53. The number of hydrogen-bond acceptors (Lipinski definition) is 5. The summed E-state index contributed by atoms with van der Waals surface area (Å²) in [6.45, 7) is 11.0. The third kappa shape index (κ3) is 6.40. The summed E-state index contributed by atoms with van der Waals surface area (Å²) in [4.78, 5) is 27.1. The Balaban J connectivity index is 1.44. The molecule has 3 aromatic rings. The van der Waals surface area contributed by atoms with Gasteiger partial charge in [0.25, 0.3) is 5.91 Å². The van der Waals surface area contributed by atoms with E-state index < -0.39 is 29.3 Å². The zero-order valence-electron chi connectivity index (χ0n) is 25.3. The average Bonchev–Trinajstić information content (AvgIpc) is 3.43. The van der Waals surface area contributed by atoms with Crippen molar-refractivity contribution in [3.05, 3.63) is 88.2 Å². The average molecular weight is 591 g/mol. The van der Waals surface area contributed by atoms with Crippen molar-refractivity contribution in [3.63, 3.8) is 0 Å². The molecule has 0 bridgehead atoms. The number of halogens is 1. The quantitative estimate of drug-likeness (QED) is 0.319. The fourth-order valence-corrected chi connectivity index (χ4v) is 6.53. The van der Waals surface area contributed by atoms with E-state index in [0.717, 1.165) is 22.3 Å². The van der Waals surface area contributed by atoms with Gasteiger partial charge in [0, 0.05) is 31.1 Å². The number of hydrogen-bond donors (Lipinski definition) is 2. The number of benzene rings is 3. The van der Waals surface area contributed by atoms with Crippen molar-refractivity contribution in [2.45, 2.75) is 59.5 Å². The summed E-state index contributed by atoms with van der Waals surface area (Å²) in [7, 11) is 0. The van der Waals surface area contributed by atoms with Crippen molar-refractivity contribution in [2.75, 3.05) is 19.9 Å². The number of nitrogens with zero attached hydrogens (tertiary/aromatic N) is 1. The summed E-state index contributed by atoms with van der Waals surface area (Å²) in [5, 5.41) is 13.0. The first-order chi connectivity index (χ1) is 20.4. The lowest BCUT2D eigenvalue weighted by Crippen LogP contribution is -2.57. The molecule has 8 nitrogen and oxygen atoms in total. The maximum absolute atomic E-state index is 15.1. The molecular formula is C34H39FN2O6. The number of carbonyl (C=O) groups excluding carboxylic acids is 1. The molecule has 2 heterocycles. The van der Waals surface area contributed by atoms with Crippen LogP contribution in [-0.4, -0.2) is 48.0 Å². The summed E-state index contributed by atoms with van der Waals surface area (Å²) in [5.41, 5.74) is 3.43. The molecule has 1 unspecified atom stereocenters. The van der Waals surface area contributed by atoms with Gasteiger partial charge >= 0.3 is 6.09 Å². The summed E-state index contributed by atoms with van der Waals surface area (Å²) < 4.78 is 32.3. The minimum atomic E-state index is -0.989. The van der Waals surface area contributed by atoms with Crippen molar-refractivity contribution < 1.29 is 33.3 Å². The van der Waals surface area contributed by atoms with Crippen molar-refractivity contribution in [1.29, 1.82) is 0 Å². The van der Waals surface area contributed by atoms with Gasteiger partial charge in [0.05, 0.1) is 12.2 Å². The molecule has 0 radical (unpaired) electrons. The number of nitrogens with one attached hydrogen (secondary N) is 1. The monoisotopic (exact) mass is 590 g/mol. The number of carboxylic acid groups (broad SMARTS) is 1. The molecule has 0 aromatic heterocycles. The van der Waals surface area contributed by atoms with Gasteiger partial charge in [-0.1, -0.05) is 45.0 Å². The van der Waals surface area contributed by atoms with Crippen LogP contribution in [0, 0.1) is 31.0 Å². The second-order valence-corrected chi connectivity index (χ2v) is 12.5. The SMILES string of the molecule is Cc1cccc(C)c1CNC(=O)c1cc([C@@H]2CCN(C(=O)O)C(C(C)(C)C)[C@H]2COc2ccc3c(c2)OCO3)ccc1F.